The van der Waals surface area contributed by atoms with Gasteiger partial charge in [0, 0.05) is 135 Å². The molecular formula is C66H76Cl2F4N16O5. The minimum atomic E-state index is -0.867. The highest BCUT2D eigenvalue weighted by Crippen LogP contribution is 2.46. The molecule has 7 heterocycles. The molecule has 4 aliphatic rings. The first-order valence-corrected chi connectivity index (χ1v) is 31.9. The molecule has 4 saturated heterocycles. The maximum atomic E-state index is 16.5. The standard InChI is InChI=1S/C34H38ClF2N7O3.C32H38ClF2N9O2/c1-6-28(46)43-13-21(5)44(14-20(43)4)33-24-12-25(35)29(30-26(36)8-7-9-27(30)45)31(37)32(24)39-34(40-33)41-16-23(17-41)47-11-10-22-15-42(18-38-22)19(2)3;1-5-26(46)43-15-20(3)44(16-19(43)2)31-22-14-23(33)27(28-24(34)10-9-11-25(28)45)29(35)30(22)38-32(39-31)42-17-21(18-42)41(4)13-8-6-7-12-37-40-36/h6-9,12,15,18-21,23,45H,1,10-11,13-14,16-17H2,2-5H3;5,9-11,14,19-21,45H,1,6-8,12-13,15-18H2,2-4H3/t20-,21+;19-,20+/m11/s1. The molecule has 0 bridgehead atoms. The van der Waals surface area contributed by atoms with E-state index in [1.807, 2.05) is 59.8 Å². The fourth-order valence-electron chi connectivity index (χ4n) is 12.4. The van der Waals surface area contributed by atoms with Crippen molar-refractivity contribution in [3.63, 3.8) is 0 Å². The van der Waals surface area contributed by atoms with Crippen LogP contribution in [0.25, 0.3) is 54.5 Å². The summed E-state index contributed by atoms with van der Waals surface area (Å²) in [5, 5.41) is 25.1. The number of azide groups is 1. The average molecular weight is 1320 g/mol. The van der Waals surface area contributed by atoms with E-state index >= 15 is 8.78 Å². The smallest absolute Gasteiger partial charge is 0.246 e. The molecule has 0 radical (unpaired) electrons. The molecule has 0 spiro atoms. The SMILES string of the molecule is C=CC(=O)N1C[C@H](C)N(c2nc(N3CC(N(C)CCCCCN=[N+]=[N-])C3)nc3c(F)c(-c4c(O)cccc4F)c(Cl)cc23)C[C@H]1C.C=CC(=O)N1C[C@H](C)N(c2nc(N3CC(OCCc4cn(C(C)C)cn4)C3)nc3c(F)c(-c4c(O)cccc4F)c(Cl)cc23)C[C@H]1C. The fraction of sp³-hybridized carbons (Fsp3) is 0.439. The predicted octanol–water partition coefficient (Wildman–Crippen LogP) is 11.9. The van der Waals surface area contributed by atoms with Crippen LogP contribution in [-0.2, 0) is 20.7 Å². The van der Waals surface area contributed by atoms with Crippen LogP contribution in [0.4, 0.5) is 41.1 Å². The number of amides is 2. The first-order valence-electron chi connectivity index (χ1n) is 31.1. The molecule has 4 atom stereocenters. The number of phenolic OH excluding ortho intramolecular Hbond substituents is 2. The first kappa shape index (κ1) is 67.4. The number of hydrogen-bond donors (Lipinski definition) is 2. The number of likely N-dealkylation sites (N-methyl/N-ethyl adjacent to an activating group) is 1. The van der Waals surface area contributed by atoms with Crippen LogP contribution in [-0.4, -0.2) is 182 Å². The molecule has 2 amide bonds. The van der Waals surface area contributed by atoms with Gasteiger partial charge in [0.1, 0.15) is 45.8 Å². The number of piperazine rings is 2. The van der Waals surface area contributed by atoms with Crippen LogP contribution in [0.1, 0.15) is 72.5 Å². The van der Waals surface area contributed by atoms with Crippen molar-refractivity contribution in [1.82, 2.24) is 44.2 Å². The van der Waals surface area contributed by atoms with Crippen LogP contribution in [0.3, 0.4) is 0 Å². The number of aromatic hydroxyl groups is 2. The van der Waals surface area contributed by atoms with Gasteiger partial charge < -0.3 is 48.9 Å². The van der Waals surface area contributed by atoms with Crippen LogP contribution in [0, 0.1) is 23.3 Å². The van der Waals surface area contributed by atoms with E-state index in [0.717, 1.165) is 43.6 Å². The first-order chi connectivity index (χ1) is 44.5. The highest BCUT2D eigenvalue weighted by molar-refractivity contribution is 6.35. The summed E-state index contributed by atoms with van der Waals surface area (Å²) in [6.07, 6.45) is 9.83. The van der Waals surface area contributed by atoms with E-state index in [4.69, 9.17) is 43.4 Å². The van der Waals surface area contributed by atoms with E-state index in [1.54, 1.807) is 9.80 Å². The third kappa shape index (κ3) is 14.1. The Morgan fingerprint density at radius 3 is 1.67 bits per heavy atom. The van der Waals surface area contributed by atoms with Crippen molar-refractivity contribution in [2.45, 2.75) is 110 Å². The van der Waals surface area contributed by atoms with Crippen LogP contribution in [0.15, 0.2) is 91.5 Å². The number of rotatable bonds is 20. The zero-order valence-corrected chi connectivity index (χ0v) is 54.5. The number of nitrogens with zero attached hydrogens (tertiary/aromatic N) is 16. The quantitative estimate of drug-likeness (QED) is 0.0181. The summed E-state index contributed by atoms with van der Waals surface area (Å²) < 4.78 is 71.1. The summed E-state index contributed by atoms with van der Waals surface area (Å²) in [5.74, 6) is -3.03. The molecule has 0 unspecified atom stereocenters. The Morgan fingerprint density at radius 2 is 1.22 bits per heavy atom. The Kier molecular flexibility index (Phi) is 20.9. The average Bonchev–Trinajstić information content (AvgIpc) is 0.819. The number of aromatic nitrogens is 6. The van der Waals surface area contributed by atoms with Crippen molar-refractivity contribution >= 4 is 80.4 Å². The molecule has 4 fully saturated rings. The Balaban J connectivity index is 0.000000203. The molecule has 7 aromatic rings. The summed E-state index contributed by atoms with van der Waals surface area (Å²) in [6, 6.07) is 10.4. The lowest BCUT2D eigenvalue weighted by Crippen LogP contribution is -2.59. The molecular weight excluding hydrogens is 1240 g/mol. The fourth-order valence-corrected chi connectivity index (χ4v) is 13.0. The number of ether oxygens (including phenoxy) is 1. The lowest BCUT2D eigenvalue weighted by Gasteiger charge is -2.46. The monoisotopic (exact) mass is 1320 g/mol. The Hall–Kier alpha value is -8.48. The third-order valence-electron chi connectivity index (χ3n) is 17.8. The van der Waals surface area contributed by atoms with Gasteiger partial charge in [0.15, 0.2) is 11.6 Å². The van der Waals surface area contributed by atoms with Crippen molar-refractivity contribution in [2.24, 2.45) is 5.11 Å². The second-order valence-corrected chi connectivity index (χ2v) is 25.4. The molecule has 4 aromatic carbocycles. The second kappa shape index (κ2) is 28.8. The van der Waals surface area contributed by atoms with Crippen molar-refractivity contribution in [2.75, 3.05) is 98.7 Å². The number of hydrogen-bond acceptors (Lipinski definition) is 16. The molecule has 93 heavy (non-hydrogen) atoms. The number of carbonyl (C=O) groups is 2. The van der Waals surface area contributed by atoms with Gasteiger partial charge in [-0.3, -0.25) is 14.5 Å². The zero-order chi connectivity index (χ0) is 66.7. The number of fused-ring (bicyclic) bond motifs is 2. The van der Waals surface area contributed by atoms with Crippen molar-refractivity contribution in [3.05, 3.63) is 136 Å². The summed E-state index contributed by atoms with van der Waals surface area (Å²) in [5.41, 5.74) is 8.07. The lowest BCUT2D eigenvalue weighted by molar-refractivity contribution is -0.129. The van der Waals surface area contributed by atoms with E-state index in [9.17, 15) is 28.6 Å². The van der Waals surface area contributed by atoms with E-state index in [1.165, 1.54) is 48.6 Å². The second-order valence-electron chi connectivity index (χ2n) is 24.5. The van der Waals surface area contributed by atoms with Crippen LogP contribution in [0.2, 0.25) is 10.0 Å². The van der Waals surface area contributed by atoms with Crippen LogP contribution < -0.4 is 19.6 Å². The summed E-state index contributed by atoms with van der Waals surface area (Å²) >= 11 is 13.3. The van der Waals surface area contributed by atoms with Gasteiger partial charge in [0.2, 0.25) is 23.7 Å². The minimum Gasteiger partial charge on any atom is -0.507 e. The van der Waals surface area contributed by atoms with Gasteiger partial charge in [-0.1, -0.05) is 60.0 Å². The molecule has 4 aliphatic heterocycles. The van der Waals surface area contributed by atoms with Gasteiger partial charge in [-0.15, -0.1) is 0 Å². The van der Waals surface area contributed by atoms with E-state index < -0.39 is 34.8 Å². The normalized spacial score (nSPS) is 18.6. The number of imidazole rings is 1. The van der Waals surface area contributed by atoms with E-state index in [0.29, 0.717) is 106 Å². The van der Waals surface area contributed by atoms with Gasteiger partial charge in [-0.25, -0.2) is 32.5 Å². The number of carbonyl (C=O) groups excluding carboxylic acids is 2. The highest BCUT2D eigenvalue weighted by atomic mass is 35.5. The van der Waals surface area contributed by atoms with Gasteiger partial charge in [0.25, 0.3) is 0 Å². The van der Waals surface area contributed by atoms with Crippen molar-refractivity contribution < 1.29 is 42.1 Å². The number of benzene rings is 4. The summed E-state index contributed by atoms with van der Waals surface area (Å²) in [7, 11) is 2.06. The van der Waals surface area contributed by atoms with Crippen LogP contribution in [0.5, 0.6) is 11.5 Å². The van der Waals surface area contributed by atoms with Crippen molar-refractivity contribution in [3.8, 4) is 33.8 Å². The lowest BCUT2D eigenvalue weighted by atomic mass is 10.00. The maximum Gasteiger partial charge on any atom is 0.246 e. The number of halogens is 6. The molecule has 2 N–H and O–H groups in total. The van der Waals surface area contributed by atoms with Gasteiger partial charge >= 0.3 is 0 Å². The molecule has 27 heteroatoms. The van der Waals surface area contributed by atoms with Gasteiger partial charge in [-0.2, -0.15) is 9.97 Å². The highest BCUT2D eigenvalue weighted by Gasteiger charge is 2.39. The Labute approximate surface area is 547 Å². The third-order valence-corrected chi connectivity index (χ3v) is 18.4. The van der Waals surface area contributed by atoms with E-state index in [2.05, 4.69) is 68.5 Å². The Bertz CT molecular complexity index is 3970. The largest absolute Gasteiger partial charge is 0.507 e. The summed E-state index contributed by atoms with van der Waals surface area (Å²) in [6.45, 7) is 25.0. The van der Waals surface area contributed by atoms with Gasteiger partial charge in [-0.05, 0) is 122 Å². The minimum absolute atomic E-state index is 0.0386. The molecule has 21 nitrogen and oxygen atoms in total. The number of phenols is 2. The molecule has 0 aliphatic carbocycles. The van der Waals surface area contributed by atoms with Crippen molar-refractivity contribution in [1.29, 1.82) is 0 Å². The van der Waals surface area contributed by atoms with Gasteiger partial charge in [0.05, 0.1) is 45.9 Å². The Morgan fingerprint density at radius 1 is 0.720 bits per heavy atom. The number of unbranched alkanes of at least 4 members (excludes halogenated alkanes) is 2. The topological polar surface area (TPSA) is 225 Å². The molecule has 0 saturated carbocycles. The molecule has 3 aromatic heterocycles. The predicted molar refractivity (Wildman–Crippen MR) is 354 cm³/mol. The van der Waals surface area contributed by atoms with E-state index in [-0.39, 0.29) is 97.4 Å². The number of anilines is 4. The van der Waals surface area contributed by atoms with Crippen LogP contribution >= 0.6 is 23.2 Å². The summed E-state index contributed by atoms with van der Waals surface area (Å²) in [4.78, 5) is 65.1. The molecule has 492 valence electrons. The molecule has 11 rings (SSSR count). The maximum absolute atomic E-state index is 16.5. The zero-order valence-electron chi connectivity index (χ0n) is 53.0.